The number of carbonyl (C=O) groups is 2. The molecule has 1 aromatic carbocycles. The van der Waals surface area contributed by atoms with E-state index in [9.17, 15) is 14.0 Å². The van der Waals surface area contributed by atoms with Crippen molar-refractivity contribution < 1.29 is 14.0 Å². The molecule has 0 radical (unpaired) electrons. The highest BCUT2D eigenvalue weighted by molar-refractivity contribution is 5.86. The van der Waals surface area contributed by atoms with Crippen molar-refractivity contribution in [3.63, 3.8) is 0 Å². The van der Waals surface area contributed by atoms with Crippen molar-refractivity contribution in [3.05, 3.63) is 30.1 Å². The van der Waals surface area contributed by atoms with E-state index in [1.807, 2.05) is 13.8 Å². The molecule has 0 bridgehead atoms. The molecule has 2 rings (SSSR count). The molecule has 0 aromatic heterocycles. The quantitative estimate of drug-likeness (QED) is 0.877. The molecule has 0 unspecified atom stereocenters. The third-order valence-electron chi connectivity index (χ3n) is 3.92. The van der Waals surface area contributed by atoms with Crippen LogP contribution in [0.4, 0.5) is 14.9 Å². The van der Waals surface area contributed by atoms with Gasteiger partial charge in [-0.3, -0.25) is 4.79 Å². The molecule has 0 aliphatic carbocycles. The van der Waals surface area contributed by atoms with Crippen LogP contribution in [0.3, 0.4) is 0 Å². The Kier molecular flexibility index (Phi) is 6.00. The number of urea groups is 1. The summed E-state index contributed by atoms with van der Waals surface area (Å²) in [5.74, 6) is -0.450. The van der Waals surface area contributed by atoms with Gasteiger partial charge in [0.1, 0.15) is 11.9 Å². The lowest BCUT2D eigenvalue weighted by molar-refractivity contribution is -0.123. The molecule has 3 amide bonds. The maximum Gasteiger partial charge on any atom is 0.318 e. The van der Waals surface area contributed by atoms with E-state index in [1.54, 1.807) is 24.0 Å². The predicted molar refractivity (Wildman–Crippen MR) is 91.5 cm³/mol. The fourth-order valence-electron chi connectivity index (χ4n) is 2.57. The maximum absolute atomic E-state index is 13.0. The van der Waals surface area contributed by atoms with E-state index < -0.39 is 6.04 Å². The molecule has 6 nitrogen and oxygen atoms in total. The molecule has 1 heterocycles. The fourth-order valence-corrected chi connectivity index (χ4v) is 2.57. The summed E-state index contributed by atoms with van der Waals surface area (Å²) in [4.78, 5) is 27.9. The van der Waals surface area contributed by atoms with Crippen LogP contribution < -0.4 is 15.5 Å². The summed E-state index contributed by atoms with van der Waals surface area (Å²) >= 11 is 0. The van der Waals surface area contributed by atoms with Gasteiger partial charge in [-0.05, 0) is 45.0 Å². The van der Waals surface area contributed by atoms with Crippen molar-refractivity contribution in [2.75, 3.05) is 31.1 Å². The zero-order chi connectivity index (χ0) is 17.7. The first kappa shape index (κ1) is 18.0. The van der Waals surface area contributed by atoms with Gasteiger partial charge in [-0.1, -0.05) is 0 Å². The molecular weight excluding hydrogens is 311 g/mol. The molecule has 0 spiro atoms. The normalized spacial score (nSPS) is 16.0. The van der Waals surface area contributed by atoms with Gasteiger partial charge in [0.25, 0.3) is 0 Å². The average molecular weight is 336 g/mol. The molecule has 7 heteroatoms. The number of benzene rings is 1. The molecule has 1 aliphatic rings. The van der Waals surface area contributed by atoms with Crippen molar-refractivity contribution in [1.29, 1.82) is 0 Å². The van der Waals surface area contributed by atoms with Crippen molar-refractivity contribution in [3.8, 4) is 0 Å². The summed E-state index contributed by atoms with van der Waals surface area (Å²) in [5, 5.41) is 5.50. The first-order valence-corrected chi connectivity index (χ1v) is 8.23. The highest BCUT2D eigenvalue weighted by atomic mass is 19.1. The summed E-state index contributed by atoms with van der Waals surface area (Å²) in [6.07, 6.45) is 0. The Balaban J connectivity index is 1.82. The minimum absolute atomic E-state index is 0.0381. The SMILES string of the molecule is CC(C)NC(=O)[C@@H](C)NC(=O)N1CCN(c2ccc(F)cc2)CC1. The lowest BCUT2D eigenvalue weighted by Crippen LogP contribution is -2.55. The lowest BCUT2D eigenvalue weighted by atomic mass is 10.2. The summed E-state index contributed by atoms with van der Waals surface area (Å²) in [5.41, 5.74) is 0.945. The summed E-state index contributed by atoms with van der Waals surface area (Å²) in [6.45, 7) is 7.88. The molecule has 24 heavy (non-hydrogen) atoms. The van der Waals surface area contributed by atoms with Crippen LogP contribution in [0.15, 0.2) is 24.3 Å². The van der Waals surface area contributed by atoms with Gasteiger partial charge < -0.3 is 20.4 Å². The van der Waals surface area contributed by atoms with Gasteiger partial charge in [0.2, 0.25) is 5.91 Å². The third kappa shape index (κ3) is 4.84. The van der Waals surface area contributed by atoms with E-state index in [2.05, 4.69) is 15.5 Å². The Hall–Kier alpha value is -2.31. The first-order valence-electron chi connectivity index (χ1n) is 8.23. The molecule has 1 aromatic rings. The maximum atomic E-state index is 13.0. The molecule has 1 fully saturated rings. The molecule has 2 N–H and O–H groups in total. The second-order valence-corrected chi connectivity index (χ2v) is 6.28. The van der Waals surface area contributed by atoms with Crippen LogP contribution in [0.2, 0.25) is 0 Å². The van der Waals surface area contributed by atoms with E-state index in [1.165, 1.54) is 12.1 Å². The largest absolute Gasteiger partial charge is 0.368 e. The second-order valence-electron chi connectivity index (χ2n) is 6.28. The van der Waals surface area contributed by atoms with Crippen LogP contribution >= 0.6 is 0 Å². The molecular formula is C17H25FN4O2. The van der Waals surface area contributed by atoms with E-state index in [0.717, 1.165) is 5.69 Å². The Bertz CT molecular complexity index is 568. The lowest BCUT2D eigenvalue weighted by Gasteiger charge is -2.36. The van der Waals surface area contributed by atoms with E-state index in [0.29, 0.717) is 26.2 Å². The van der Waals surface area contributed by atoms with Crippen molar-refractivity contribution >= 4 is 17.6 Å². The van der Waals surface area contributed by atoms with Crippen LogP contribution in [-0.4, -0.2) is 55.1 Å². The number of hydrogen-bond donors (Lipinski definition) is 2. The standard InChI is InChI=1S/C17H25FN4O2/c1-12(2)19-16(23)13(3)20-17(24)22-10-8-21(9-11-22)15-6-4-14(18)5-7-15/h4-7,12-13H,8-11H2,1-3H3,(H,19,23)(H,20,24)/t13-/m1/s1. The predicted octanol–water partition coefficient (Wildman–Crippen LogP) is 1.57. The van der Waals surface area contributed by atoms with Gasteiger partial charge in [0.15, 0.2) is 0 Å². The number of piperazine rings is 1. The van der Waals surface area contributed by atoms with Gasteiger partial charge in [-0.2, -0.15) is 0 Å². The smallest absolute Gasteiger partial charge is 0.318 e. The minimum atomic E-state index is -0.574. The highest BCUT2D eigenvalue weighted by Gasteiger charge is 2.24. The number of nitrogens with one attached hydrogen (secondary N) is 2. The van der Waals surface area contributed by atoms with Crippen molar-refractivity contribution in [2.45, 2.75) is 32.9 Å². The highest BCUT2D eigenvalue weighted by Crippen LogP contribution is 2.16. The van der Waals surface area contributed by atoms with Gasteiger partial charge >= 0.3 is 6.03 Å². The van der Waals surface area contributed by atoms with Crippen LogP contribution in [0.5, 0.6) is 0 Å². The fraction of sp³-hybridized carbons (Fsp3) is 0.529. The molecule has 1 aliphatic heterocycles. The third-order valence-corrected chi connectivity index (χ3v) is 3.92. The molecule has 1 saturated heterocycles. The van der Waals surface area contributed by atoms with Gasteiger partial charge in [-0.15, -0.1) is 0 Å². The second kappa shape index (κ2) is 7.99. The number of rotatable bonds is 4. The van der Waals surface area contributed by atoms with Crippen LogP contribution in [0, 0.1) is 5.82 Å². The van der Waals surface area contributed by atoms with Gasteiger partial charge in [0.05, 0.1) is 0 Å². The Labute approximate surface area is 142 Å². The number of anilines is 1. The summed E-state index contributed by atoms with van der Waals surface area (Å²) < 4.78 is 13.0. The molecule has 132 valence electrons. The number of hydrogen-bond acceptors (Lipinski definition) is 3. The van der Waals surface area contributed by atoms with E-state index >= 15 is 0 Å². The monoisotopic (exact) mass is 336 g/mol. The number of halogens is 1. The zero-order valence-electron chi connectivity index (χ0n) is 14.4. The molecule has 0 saturated carbocycles. The summed E-state index contributed by atoms with van der Waals surface area (Å²) in [6, 6.07) is 5.57. The van der Waals surface area contributed by atoms with Crippen LogP contribution in [-0.2, 0) is 4.79 Å². The van der Waals surface area contributed by atoms with Crippen LogP contribution in [0.1, 0.15) is 20.8 Å². The first-order chi connectivity index (χ1) is 11.4. The number of amides is 3. The minimum Gasteiger partial charge on any atom is -0.368 e. The van der Waals surface area contributed by atoms with Crippen molar-refractivity contribution in [2.24, 2.45) is 0 Å². The van der Waals surface area contributed by atoms with Gasteiger partial charge in [-0.25, -0.2) is 9.18 Å². The van der Waals surface area contributed by atoms with Crippen LogP contribution in [0.25, 0.3) is 0 Å². The Morgan fingerprint density at radius 3 is 2.12 bits per heavy atom. The zero-order valence-corrected chi connectivity index (χ0v) is 14.4. The molecule has 1 atom stereocenters. The summed E-state index contributed by atoms with van der Waals surface area (Å²) in [7, 11) is 0. The average Bonchev–Trinajstić information content (AvgIpc) is 2.55. The van der Waals surface area contributed by atoms with E-state index in [-0.39, 0.29) is 23.8 Å². The van der Waals surface area contributed by atoms with Crippen molar-refractivity contribution in [1.82, 2.24) is 15.5 Å². The number of carbonyl (C=O) groups excluding carboxylic acids is 2. The topological polar surface area (TPSA) is 64.7 Å². The Morgan fingerprint density at radius 2 is 1.58 bits per heavy atom. The van der Waals surface area contributed by atoms with E-state index in [4.69, 9.17) is 0 Å². The number of nitrogens with zero attached hydrogens (tertiary/aromatic N) is 2. The Morgan fingerprint density at radius 1 is 1.00 bits per heavy atom. The van der Waals surface area contributed by atoms with Gasteiger partial charge in [0, 0.05) is 37.9 Å².